The van der Waals surface area contributed by atoms with Gasteiger partial charge in [-0.1, -0.05) is 20.8 Å². The van der Waals surface area contributed by atoms with Gasteiger partial charge in [-0.15, -0.1) is 11.8 Å². The molecule has 0 saturated heterocycles. The fraction of sp³-hybridized carbons (Fsp3) is 0.800. The second kappa shape index (κ2) is 6.71. The number of rotatable bonds is 6. The van der Waals surface area contributed by atoms with Crippen LogP contribution in [0.5, 0.6) is 0 Å². The van der Waals surface area contributed by atoms with Gasteiger partial charge in [-0.3, -0.25) is 9.59 Å². The van der Waals surface area contributed by atoms with Gasteiger partial charge in [0.2, 0.25) is 5.91 Å². The summed E-state index contributed by atoms with van der Waals surface area (Å²) < 4.78 is 0. The maximum absolute atomic E-state index is 11.3. The molecule has 0 aromatic rings. The first kappa shape index (κ1) is 14.3. The Kier molecular flexibility index (Phi) is 6.40. The Bertz CT molecular complexity index is 223. The molecule has 0 heterocycles. The van der Waals surface area contributed by atoms with Crippen LogP contribution in [-0.2, 0) is 9.59 Å². The van der Waals surface area contributed by atoms with Gasteiger partial charge in [-0.25, -0.2) is 0 Å². The summed E-state index contributed by atoms with van der Waals surface area (Å²) in [5.41, 5.74) is -0.00170. The maximum atomic E-state index is 11.3. The highest BCUT2D eigenvalue weighted by Gasteiger charge is 2.15. The highest BCUT2D eigenvalue weighted by molar-refractivity contribution is 7.99. The second-order valence-corrected chi connectivity index (χ2v) is 5.64. The number of carboxylic acids is 1. The highest BCUT2D eigenvalue weighted by Crippen LogP contribution is 2.17. The summed E-state index contributed by atoms with van der Waals surface area (Å²) in [7, 11) is 0. The molecular weight excluding hydrogens is 214 g/mol. The zero-order chi connectivity index (χ0) is 11.9. The zero-order valence-electron chi connectivity index (χ0n) is 9.50. The topological polar surface area (TPSA) is 66.4 Å². The minimum atomic E-state index is -0.819. The molecule has 0 radical (unpaired) electrons. The summed E-state index contributed by atoms with van der Waals surface area (Å²) in [5, 5.41) is 11.1. The third-order valence-corrected chi connectivity index (χ3v) is 2.43. The number of thioether (sulfide) groups is 1. The van der Waals surface area contributed by atoms with Crippen molar-refractivity contribution in [3.63, 3.8) is 0 Å². The van der Waals surface area contributed by atoms with E-state index in [4.69, 9.17) is 5.11 Å². The van der Waals surface area contributed by atoms with Gasteiger partial charge in [0.1, 0.15) is 0 Å². The fourth-order valence-electron chi connectivity index (χ4n) is 0.966. The van der Waals surface area contributed by atoms with Crippen LogP contribution in [0.2, 0.25) is 0 Å². The Hall–Kier alpha value is -0.710. The van der Waals surface area contributed by atoms with Crippen LogP contribution in [0.25, 0.3) is 0 Å². The van der Waals surface area contributed by atoms with E-state index in [0.29, 0.717) is 18.7 Å². The van der Waals surface area contributed by atoms with Crippen molar-refractivity contribution in [1.82, 2.24) is 5.32 Å². The smallest absolute Gasteiger partial charge is 0.313 e. The minimum Gasteiger partial charge on any atom is -0.481 e. The van der Waals surface area contributed by atoms with Crippen LogP contribution in [0.15, 0.2) is 0 Å². The van der Waals surface area contributed by atoms with Crippen molar-refractivity contribution in [1.29, 1.82) is 0 Å². The quantitative estimate of drug-likeness (QED) is 0.680. The van der Waals surface area contributed by atoms with Crippen LogP contribution in [0.3, 0.4) is 0 Å². The summed E-state index contributed by atoms with van der Waals surface area (Å²) >= 11 is 1.31. The molecule has 88 valence electrons. The molecule has 0 saturated carbocycles. The van der Waals surface area contributed by atoms with E-state index in [1.165, 1.54) is 11.8 Å². The van der Waals surface area contributed by atoms with Crippen LogP contribution in [0.4, 0.5) is 0 Å². The van der Waals surface area contributed by atoms with Crippen molar-refractivity contribution >= 4 is 23.6 Å². The molecule has 0 unspecified atom stereocenters. The lowest BCUT2D eigenvalue weighted by Gasteiger charge is -2.17. The molecule has 0 aromatic heterocycles. The molecule has 0 aliphatic heterocycles. The van der Waals surface area contributed by atoms with Crippen molar-refractivity contribution in [2.24, 2.45) is 5.41 Å². The number of hydrogen-bond donors (Lipinski definition) is 2. The van der Waals surface area contributed by atoms with Gasteiger partial charge in [-0.05, 0) is 5.41 Å². The van der Waals surface area contributed by atoms with Crippen LogP contribution >= 0.6 is 11.8 Å². The molecule has 0 aromatic carbocycles. The number of amides is 1. The Balaban J connectivity index is 3.44. The van der Waals surface area contributed by atoms with E-state index < -0.39 is 5.97 Å². The number of aliphatic carboxylic acids is 1. The Morgan fingerprint density at radius 1 is 1.33 bits per heavy atom. The first-order valence-electron chi connectivity index (χ1n) is 4.87. The Labute approximate surface area is 94.8 Å². The van der Waals surface area contributed by atoms with Gasteiger partial charge in [0.25, 0.3) is 0 Å². The lowest BCUT2D eigenvalue weighted by molar-refractivity contribution is -0.133. The van der Waals surface area contributed by atoms with Crippen LogP contribution in [0, 0.1) is 5.41 Å². The van der Waals surface area contributed by atoms with E-state index in [-0.39, 0.29) is 17.1 Å². The van der Waals surface area contributed by atoms with Gasteiger partial charge in [0, 0.05) is 18.7 Å². The first-order chi connectivity index (χ1) is 6.81. The molecule has 1 amide bonds. The van der Waals surface area contributed by atoms with Crippen LogP contribution in [0.1, 0.15) is 27.2 Å². The summed E-state index contributed by atoms with van der Waals surface area (Å²) in [6.45, 7) is 6.55. The lowest BCUT2D eigenvalue weighted by atomic mass is 9.92. The van der Waals surface area contributed by atoms with E-state index in [1.807, 2.05) is 20.8 Å². The van der Waals surface area contributed by atoms with Crippen molar-refractivity contribution < 1.29 is 14.7 Å². The standard InChI is InChI=1S/C10H19NO3S/c1-10(2,3)6-8(12)11-4-5-15-7-9(13)14/h4-7H2,1-3H3,(H,11,12)(H,13,14). The molecular formula is C10H19NO3S. The SMILES string of the molecule is CC(C)(C)CC(=O)NCCSCC(=O)O. The number of nitrogens with one attached hydrogen (secondary N) is 1. The van der Waals surface area contributed by atoms with E-state index in [1.54, 1.807) is 0 Å². The summed E-state index contributed by atoms with van der Waals surface area (Å²) in [6, 6.07) is 0. The second-order valence-electron chi connectivity index (χ2n) is 4.53. The van der Waals surface area contributed by atoms with Gasteiger partial charge in [0.15, 0.2) is 0 Å². The average Bonchev–Trinajstić information content (AvgIpc) is 1.99. The van der Waals surface area contributed by atoms with Crippen molar-refractivity contribution in [3.05, 3.63) is 0 Å². The summed E-state index contributed by atoms with van der Waals surface area (Å²) in [5.74, 6) is -0.0587. The van der Waals surface area contributed by atoms with Crippen LogP contribution < -0.4 is 5.32 Å². The fourth-order valence-corrected chi connectivity index (χ4v) is 1.53. The molecule has 0 bridgehead atoms. The predicted octanol–water partition coefficient (Wildman–Crippen LogP) is 1.36. The van der Waals surface area contributed by atoms with Crippen LogP contribution in [-0.4, -0.2) is 35.0 Å². The molecule has 4 nitrogen and oxygen atoms in total. The molecule has 15 heavy (non-hydrogen) atoms. The molecule has 0 fully saturated rings. The number of carbonyl (C=O) groups is 2. The maximum Gasteiger partial charge on any atom is 0.313 e. The molecule has 5 heteroatoms. The third kappa shape index (κ3) is 11.2. The van der Waals surface area contributed by atoms with Gasteiger partial charge in [0.05, 0.1) is 5.75 Å². The monoisotopic (exact) mass is 233 g/mol. The van der Waals surface area contributed by atoms with Gasteiger partial charge >= 0.3 is 5.97 Å². The lowest BCUT2D eigenvalue weighted by Crippen LogP contribution is -2.29. The number of hydrogen-bond acceptors (Lipinski definition) is 3. The van der Waals surface area contributed by atoms with Crippen molar-refractivity contribution in [3.8, 4) is 0 Å². The van der Waals surface area contributed by atoms with Crippen molar-refractivity contribution in [2.45, 2.75) is 27.2 Å². The molecule has 0 atom stereocenters. The normalized spacial score (nSPS) is 11.1. The third-order valence-electron chi connectivity index (χ3n) is 1.48. The Morgan fingerprint density at radius 3 is 2.40 bits per heavy atom. The average molecular weight is 233 g/mol. The van der Waals surface area contributed by atoms with Gasteiger partial charge < -0.3 is 10.4 Å². The molecule has 0 rings (SSSR count). The summed E-state index contributed by atoms with van der Waals surface area (Å²) in [6.07, 6.45) is 0.497. The zero-order valence-corrected chi connectivity index (χ0v) is 10.3. The van der Waals surface area contributed by atoms with Crippen molar-refractivity contribution in [2.75, 3.05) is 18.1 Å². The van der Waals surface area contributed by atoms with E-state index in [0.717, 1.165) is 0 Å². The minimum absolute atomic E-state index is 0.00170. The molecule has 0 aliphatic carbocycles. The predicted molar refractivity (Wildman–Crippen MR) is 62.0 cm³/mol. The van der Waals surface area contributed by atoms with Gasteiger partial charge in [-0.2, -0.15) is 0 Å². The molecule has 0 aliphatic rings. The Morgan fingerprint density at radius 2 is 1.93 bits per heavy atom. The first-order valence-corrected chi connectivity index (χ1v) is 6.03. The number of carboxylic acid groups (broad SMARTS) is 1. The van der Waals surface area contributed by atoms with E-state index >= 15 is 0 Å². The molecule has 2 N–H and O–H groups in total. The summed E-state index contributed by atoms with van der Waals surface area (Å²) in [4.78, 5) is 21.5. The van der Waals surface area contributed by atoms with E-state index in [2.05, 4.69) is 5.32 Å². The van der Waals surface area contributed by atoms with E-state index in [9.17, 15) is 9.59 Å². The highest BCUT2D eigenvalue weighted by atomic mass is 32.2. The number of carbonyl (C=O) groups excluding carboxylic acids is 1. The molecule has 0 spiro atoms. The largest absolute Gasteiger partial charge is 0.481 e.